The van der Waals surface area contributed by atoms with Gasteiger partial charge in [-0.3, -0.25) is 4.68 Å². The summed E-state index contributed by atoms with van der Waals surface area (Å²) in [5, 5.41) is 7.60. The van der Waals surface area contributed by atoms with Gasteiger partial charge < -0.3 is 10.1 Å². The molecular weight excluding hydrogens is 276 g/mol. The molecule has 6 heteroatoms. The van der Waals surface area contributed by atoms with E-state index in [0.29, 0.717) is 5.69 Å². The van der Waals surface area contributed by atoms with Gasteiger partial charge in [-0.15, -0.1) is 0 Å². The molecule has 0 radical (unpaired) electrons. The largest absolute Gasteiger partial charge is 0.433 e. The predicted octanol–water partition coefficient (Wildman–Crippen LogP) is 3.51. The van der Waals surface area contributed by atoms with Crippen LogP contribution in [0.15, 0.2) is 30.5 Å². The topological polar surface area (TPSA) is 39.1 Å². The standard InChI is InChI=1S/C15H17F2N3O/c1-20-13-7-4-6-11(10(13)9-18-20)19-12-5-2-3-8-14(12)21-15(16)17/h2-3,5,8-9,11,15,19H,4,6-7H2,1H3. The van der Waals surface area contributed by atoms with Crippen molar-refractivity contribution in [3.8, 4) is 5.75 Å². The van der Waals surface area contributed by atoms with Gasteiger partial charge in [0.25, 0.3) is 0 Å². The molecule has 1 aromatic heterocycles. The van der Waals surface area contributed by atoms with E-state index in [1.807, 2.05) is 17.9 Å². The minimum absolute atomic E-state index is 0.0740. The SMILES string of the molecule is Cn1ncc2c1CCCC2Nc1ccccc1OC(F)F. The van der Waals surface area contributed by atoms with Crippen molar-refractivity contribution in [3.63, 3.8) is 0 Å². The third-order valence-corrected chi connectivity index (χ3v) is 3.81. The lowest BCUT2D eigenvalue weighted by atomic mass is 9.93. The molecular formula is C15H17F2N3O. The third kappa shape index (κ3) is 2.84. The van der Waals surface area contributed by atoms with E-state index in [4.69, 9.17) is 0 Å². The number of ether oxygens (including phenoxy) is 1. The van der Waals surface area contributed by atoms with E-state index in [1.165, 1.54) is 5.69 Å². The molecule has 0 aliphatic heterocycles. The Hall–Kier alpha value is -2.11. The average molecular weight is 293 g/mol. The highest BCUT2D eigenvalue weighted by molar-refractivity contribution is 5.57. The normalized spacial score (nSPS) is 17.6. The second kappa shape index (κ2) is 5.71. The Kier molecular flexibility index (Phi) is 3.77. The van der Waals surface area contributed by atoms with Crippen LogP contribution in [0.25, 0.3) is 0 Å². The zero-order valence-corrected chi connectivity index (χ0v) is 11.7. The summed E-state index contributed by atoms with van der Waals surface area (Å²) >= 11 is 0. The number of anilines is 1. The van der Waals surface area contributed by atoms with Gasteiger partial charge in [-0.25, -0.2) is 0 Å². The Morgan fingerprint density at radius 1 is 1.38 bits per heavy atom. The highest BCUT2D eigenvalue weighted by Gasteiger charge is 2.24. The second-order valence-electron chi connectivity index (χ2n) is 5.13. The number of nitrogens with zero attached hydrogens (tertiary/aromatic N) is 2. The van der Waals surface area contributed by atoms with Crippen LogP contribution in [0.2, 0.25) is 0 Å². The first kappa shape index (κ1) is 13.9. The summed E-state index contributed by atoms with van der Waals surface area (Å²) in [7, 11) is 1.93. The van der Waals surface area contributed by atoms with Crippen LogP contribution >= 0.6 is 0 Å². The van der Waals surface area contributed by atoms with E-state index in [-0.39, 0.29) is 11.8 Å². The highest BCUT2D eigenvalue weighted by Crippen LogP contribution is 2.35. The molecule has 0 saturated heterocycles. The number of halogens is 2. The molecule has 1 aliphatic carbocycles. The molecule has 0 fully saturated rings. The molecule has 112 valence electrons. The molecule has 4 nitrogen and oxygen atoms in total. The maximum absolute atomic E-state index is 12.5. The van der Waals surface area contributed by atoms with Crippen molar-refractivity contribution in [1.82, 2.24) is 9.78 Å². The number of fused-ring (bicyclic) bond motifs is 1. The van der Waals surface area contributed by atoms with Crippen LogP contribution in [0.1, 0.15) is 30.1 Å². The number of hydrogen-bond donors (Lipinski definition) is 1. The number of alkyl halides is 2. The molecule has 1 heterocycles. The van der Waals surface area contributed by atoms with Crippen molar-refractivity contribution >= 4 is 5.69 Å². The number of aryl methyl sites for hydroxylation is 1. The first-order chi connectivity index (χ1) is 10.1. The molecule has 0 amide bonds. The summed E-state index contributed by atoms with van der Waals surface area (Å²) < 4.78 is 31.4. The summed E-state index contributed by atoms with van der Waals surface area (Å²) in [5.41, 5.74) is 2.92. The minimum Gasteiger partial charge on any atom is -0.433 e. The van der Waals surface area contributed by atoms with Gasteiger partial charge in [0, 0.05) is 18.3 Å². The highest BCUT2D eigenvalue weighted by atomic mass is 19.3. The fraction of sp³-hybridized carbons (Fsp3) is 0.400. The van der Waals surface area contributed by atoms with Crippen LogP contribution < -0.4 is 10.1 Å². The maximum Gasteiger partial charge on any atom is 0.387 e. The van der Waals surface area contributed by atoms with E-state index in [2.05, 4.69) is 15.2 Å². The number of rotatable bonds is 4. The van der Waals surface area contributed by atoms with Gasteiger partial charge in [-0.2, -0.15) is 13.9 Å². The number of aromatic nitrogens is 2. The summed E-state index contributed by atoms with van der Waals surface area (Å²) in [4.78, 5) is 0. The first-order valence-corrected chi connectivity index (χ1v) is 6.96. The summed E-state index contributed by atoms with van der Waals surface area (Å²) in [6.45, 7) is -2.83. The third-order valence-electron chi connectivity index (χ3n) is 3.81. The molecule has 21 heavy (non-hydrogen) atoms. The van der Waals surface area contributed by atoms with Gasteiger partial charge in [0.1, 0.15) is 5.75 Å². The van der Waals surface area contributed by atoms with Gasteiger partial charge in [-0.1, -0.05) is 12.1 Å². The van der Waals surface area contributed by atoms with E-state index in [9.17, 15) is 8.78 Å². The Morgan fingerprint density at radius 3 is 3.00 bits per heavy atom. The number of benzene rings is 1. The van der Waals surface area contributed by atoms with E-state index >= 15 is 0 Å². The fourth-order valence-corrected chi connectivity index (χ4v) is 2.83. The van der Waals surface area contributed by atoms with Gasteiger partial charge in [-0.05, 0) is 31.4 Å². The number of para-hydroxylation sites is 2. The lowest BCUT2D eigenvalue weighted by molar-refractivity contribution is -0.0493. The van der Waals surface area contributed by atoms with E-state index in [0.717, 1.165) is 24.8 Å². The van der Waals surface area contributed by atoms with Crippen molar-refractivity contribution in [2.75, 3.05) is 5.32 Å². The van der Waals surface area contributed by atoms with Gasteiger partial charge in [0.2, 0.25) is 0 Å². The fourth-order valence-electron chi connectivity index (χ4n) is 2.83. The quantitative estimate of drug-likeness (QED) is 0.937. The molecule has 1 aliphatic rings. The Labute approximate surface area is 121 Å². The molecule has 1 atom stereocenters. The molecule has 0 bridgehead atoms. The monoisotopic (exact) mass is 293 g/mol. The Morgan fingerprint density at radius 2 is 2.19 bits per heavy atom. The first-order valence-electron chi connectivity index (χ1n) is 6.96. The minimum atomic E-state index is -2.83. The zero-order valence-electron chi connectivity index (χ0n) is 11.7. The van der Waals surface area contributed by atoms with Gasteiger partial charge in [0.05, 0.1) is 17.9 Å². The lowest BCUT2D eigenvalue weighted by Gasteiger charge is -2.25. The molecule has 1 N–H and O–H groups in total. The summed E-state index contributed by atoms with van der Waals surface area (Å²) in [6, 6.07) is 6.85. The molecule has 1 unspecified atom stereocenters. The maximum atomic E-state index is 12.5. The van der Waals surface area contributed by atoms with Gasteiger partial charge >= 0.3 is 6.61 Å². The molecule has 0 spiro atoms. The van der Waals surface area contributed by atoms with Crippen LogP contribution in [0.3, 0.4) is 0 Å². The molecule has 3 rings (SSSR count). The number of hydrogen-bond acceptors (Lipinski definition) is 3. The molecule has 0 saturated carbocycles. The van der Waals surface area contributed by atoms with Crippen LogP contribution in [0.4, 0.5) is 14.5 Å². The van der Waals surface area contributed by atoms with Crippen molar-refractivity contribution in [2.24, 2.45) is 7.05 Å². The van der Waals surface area contributed by atoms with Crippen LogP contribution in [0.5, 0.6) is 5.75 Å². The van der Waals surface area contributed by atoms with Crippen molar-refractivity contribution < 1.29 is 13.5 Å². The van der Waals surface area contributed by atoms with Gasteiger partial charge in [0.15, 0.2) is 0 Å². The average Bonchev–Trinajstić information content (AvgIpc) is 2.83. The van der Waals surface area contributed by atoms with Crippen LogP contribution in [-0.4, -0.2) is 16.4 Å². The van der Waals surface area contributed by atoms with Crippen LogP contribution in [0, 0.1) is 0 Å². The van der Waals surface area contributed by atoms with Crippen molar-refractivity contribution in [3.05, 3.63) is 41.7 Å². The van der Waals surface area contributed by atoms with Crippen molar-refractivity contribution in [2.45, 2.75) is 31.9 Å². The Bertz CT molecular complexity index is 627. The summed E-state index contributed by atoms with van der Waals surface area (Å²) in [6.07, 6.45) is 4.84. The number of nitrogens with one attached hydrogen (secondary N) is 1. The lowest BCUT2D eigenvalue weighted by Crippen LogP contribution is -2.18. The van der Waals surface area contributed by atoms with Crippen molar-refractivity contribution in [1.29, 1.82) is 0 Å². The second-order valence-corrected chi connectivity index (χ2v) is 5.13. The zero-order chi connectivity index (χ0) is 14.8. The predicted molar refractivity (Wildman–Crippen MR) is 75.6 cm³/mol. The Balaban J connectivity index is 1.85. The molecule has 1 aromatic carbocycles. The van der Waals surface area contributed by atoms with E-state index < -0.39 is 6.61 Å². The summed E-state index contributed by atoms with van der Waals surface area (Å²) in [5.74, 6) is 0.170. The molecule has 2 aromatic rings. The van der Waals surface area contributed by atoms with E-state index in [1.54, 1.807) is 24.3 Å². The van der Waals surface area contributed by atoms with Crippen LogP contribution in [-0.2, 0) is 13.5 Å². The smallest absolute Gasteiger partial charge is 0.387 e.